The predicted octanol–water partition coefficient (Wildman–Crippen LogP) is 5.03. The van der Waals surface area contributed by atoms with Crippen molar-refractivity contribution in [3.63, 3.8) is 0 Å². The maximum absolute atomic E-state index is 12.7. The van der Waals surface area contributed by atoms with E-state index < -0.39 is 6.04 Å². The van der Waals surface area contributed by atoms with Gasteiger partial charge in [0.2, 0.25) is 17.6 Å². The molecule has 0 saturated carbocycles. The van der Waals surface area contributed by atoms with Gasteiger partial charge in [0.1, 0.15) is 11.0 Å². The number of halogens is 1. The summed E-state index contributed by atoms with van der Waals surface area (Å²) in [6.07, 6.45) is 3.50. The van der Waals surface area contributed by atoms with Gasteiger partial charge in [0.05, 0.1) is 21.3 Å². The zero-order chi connectivity index (χ0) is 21.1. The van der Waals surface area contributed by atoms with Crippen molar-refractivity contribution in [3.8, 4) is 21.3 Å². The first-order valence-corrected chi connectivity index (χ1v) is 11.3. The summed E-state index contributed by atoms with van der Waals surface area (Å²) in [4.78, 5) is 26.7. The number of hydrogen-bond acceptors (Lipinski definition) is 8. The first kappa shape index (κ1) is 20.6. The molecule has 0 aromatic carbocycles. The molecule has 0 aliphatic rings. The van der Waals surface area contributed by atoms with Crippen LogP contribution >= 0.6 is 34.3 Å². The van der Waals surface area contributed by atoms with Gasteiger partial charge in [0.15, 0.2) is 0 Å². The Morgan fingerprint density at radius 3 is 2.70 bits per heavy atom. The summed E-state index contributed by atoms with van der Waals surface area (Å²) in [5, 5.41) is 9.78. The number of carbonyl (C=O) groups is 1. The molecule has 4 rings (SSSR count). The number of rotatable bonds is 7. The van der Waals surface area contributed by atoms with E-state index in [1.165, 1.54) is 22.7 Å². The Balaban J connectivity index is 1.44. The van der Waals surface area contributed by atoms with E-state index in [0.717, 1.165) is 15.4 Å². The van der Waals surface area contributed by atoms with Crippen LogP contribution in [0.25, 0.3) is 21.3 Å². The highest BCUT2D eigenvalue weighted by Crippen LogP contribution is 2.33. The average molecular weight is 460 g/mol. The Hall–Kier alpha value is -2.62. The van der Waals surface area contributed by atoms with Gasteiger partial charge in [-0.25, -0.2) is 4.98 Å². The van der Waals surface area contributed by atoms with Crippen LogP contribution in [0, 0.1) is 5.92 Å². The van der Waals surface area contributed by atoms with Crippen LogP contribution in [0.1, 0.15) is 31.5 Å². The number of nitrogens with one attached hydrogen (secondary N) is 1. The molecule has 4 aromatic rings. The van der Waals surface area contributed by atoms with Crippen molar-refractivity contribution in [2.24, 2.45) is 5.92 Å². The second kappa shape index (κ2) is 9.03. The summed E-state index contributed by atoms with van der Waals surface area (Å²) in [5.74, 6) is 0.751. The predicted molar refractivity (Wildman–Crippen MR) is 117 cm³/mol. The molecule has 4 heterocycles. The lowest BCUT2D eigenvalue weighted by Crippen LogP contribution is -2.33. The summed E-state index contributed by atoms with van der Waals surface area (Å²) in [6.45, 7) is 3.98. The molecule has 154 valence electrons. The topological polar surface area (TPSA) is 93.8 Å². The zero-order valence-electron chi connectivity index (χ0n) is 16.2. The standard InChI is InChI=1S/C20H18ClN5O2S2/c1-11(2)17(19-25-18(26-28-19)12-5-7-22-8-6-12)24-16(27)9-13-10-29-20(23-13)14-3-4-15(21)30-14/h3-8,10-11,17H,9H2,1-2H3,(H,24,27). The quantitative estimate of drug-likeness (QED) is 0.416. The molecule has 0 aliphatic heterocycles. The minimum Gasteiger partial charge on any atom is -0.344 e. The van der Waals surface area contributed by atoms with Crippen molar-refractivity contribution in [1.29, 1.82) is 0 Å². The number of carbonyl (C=O) groups excluding carboxylic acids is 1. The first-order chi connectivity index (χ1) is 14.5. The molecule has 4 aromatic heterocycles. The van der Waals surface area contributed by atoms with Crippen LogP contribution in [-0.4, -0.2) is 26.0 Å². The largest absolute Gasteiger partial charge is 0.344 e. The van der Waals surface area contributed by atoms with Gasteiger partial charge >= 0.3 is 0 Å². The van der Waals surface area contributed by atoms with Crippen molar-refractivity contribution in [3.05, 3.63) is 58.0 Å². The van der Waals surface area contributed by atoms with E-state index in [1.54, 1.807) is 24.5 Å². The molecular formula is C20H18ClN5O2S2. The summed E-state index contributed by atoms with van der Waals surface area (Å²) < 4.78 is 6.15. The number of hydrogen-bond donors (Lipinski definition) is 1. The third kappa shape index (κ3) is 4.75. The number of aromatic nitrogens is 4. The van der Waals surface area contributed by atoms with Gasteiger partial charge in [-0.05, 0) is 30.2 Å². The SMILES string of the molecule is CC(C)C(NC(=O)Cc1csc(-c2ccc(Cl)s2)n1)c1nc(-c2ccncc2)no1. The van der Waals surface area contributed by atoms with E-state index in [1.807, 2.05) is 31.4 Å². The molecule has 1 N–H and O–H groups in total. The Bertz CT molecular complexity index is 1140. The fourth-order valence-electron chi connectivity index (χ4n) is 2.81. The minimum atomic E-state index is -0.394. The number of amides is 1. The highest BCUT2D eigenvalue weighted by Gasteiger charge is 2.25. The van der Waals surface area contributed by atoms with Gasteiger partial charge in [-0.15, -0.1) is 22.7 Å². The molecule has 0 aliphatic carbocycles. The molecule has 1 atom stereocenters. The molecule has 0 saturated heterocycles. The maximum atomic E-state index is 12.7. The summed E-state index contributed by atoms with van der Waals surface area (Å²) in [6, 6.07) is 6.99. The molecule has 0 radical (unpaired) electrons. The average Bonchev–Trinajstić information content (AvgIpc) is 3.47. The van der Waals surface area contributed by atoms with Crippen molar-refractivity contribution in [1.82, 2.24) is 25.4 Å². The minimum absolute atomic E-state index is 0.0685. The van der Waals surface area contributed by atoms with Crippen LogP contribution in [0.2, 0.25) is 4.34 Å². The van der Waals surface area contributed by atoms with Gasteiger partial charge in [0.25, 0.3) is 0 Å². The van der Waals surface area contributed by atoms with Crippen molar-refractivity contribution in [2.45, 2.75) is 26.3 Å². The molecule has 0 spiro atoms. The number of pyridine rings is 1. The van der Waals surface area contributed by atoms with Crippen LogP contribution < -0.4 is 5.32 Å². The Morgan fingerprint density at radius 2 is 2.00 bits per heavy atom. The van der Waals surface area contributed by atoms with Crippen molar-refractivity contribution >= 4 is 40.2 Å². The molecule has 0 fully saturated rings. The Labute approximate surface area is 186 Å². The third-order valence-corrected chi connectivity index (χ3v) is 6.60. The highest BCUT2D eigenvalue weighted by molar-refractivity contribution is 7.23. The van der Waals surface area contributed by atoms with E-state index in [0.29, 0.717) is 21.7 Å². The lowest BCUT2D eigenvalue weighted by molar-refractivity contribution is -0.121. The first-order valence-electron chi connectivity index (χ1n) is 9.23. The molecule has 0 bridgehead atoms. The molecule has 30 heavy (non-hydrogen) atoms. The van der Waals surface area contributed by atoms with Crippen molar-refractivity contribution in [2.75, 3.05) is 0 Å². The Morgan fingerprint density at radius 1 is 1.20 bits per heavy atom. The van der Waals surface area contributed by atoms with E-state index in [2.05, 4.69) is 25.4 Å². The van der Waals surface area contributed by atoms with E-state index in [-0.39, 0.29) is 18.2 Å². The molecule has 10 heteroatoms. The van der Waals surface area contributed by atoms with Crippen LogP contribution in [0.5, 0.6) is 0 Å². The van der Waals surface area contributed by atoms with Gasteiger partial charge in [-0.3, -0.25) is 9.78 Å². The van der Waals surface area contributed by atoms with E-state index >= 15 is 0 Å². The zero-order valence-corrected chi connectivity index (χ0v) is 18.6. The van der Waals surface area contributed by atoms with Crippen LogP contribution in [0.3, 0.4) is 0 Å². The third-order valence-electron chi connectivity index (χ3n) is 4.31. The van der Waals surface area contributed by atoms with E-state index in [9.17, 15) is 4.79 Å². The summed E-state index contributed by atoms with van der Waals surface area (Å²) >= 11 is 8.96. The maximum Gasteiger partial charge on any atom is 0.249 e. The van der Waals surface area contributed by atoms with Crippen molar-refractivity contribution < 1.29 is 9.32 Å². The second-order valence-electron chi connectivity index (χ2n) is 6.91. The van der Waals surface area contributed by atoms with Crippen LogP contribution in [0.15, 0.2) is 46.6 Å². The lowest BCUT2D eigenvalue weighted by Gasteiger charge is -2.18. The van der Waals surface area contributed by atoms with Gasteiger partial charge < -0.3 is 9.84 Å². The van der Waals surface area contributed by atoms with Gasteiger partial charge in [-0.1, -0.05) is 30.6 Å². The highest BCUT2D eigenvalue weighted by atomic mass is 35.5. The smallest absolute Gasteiger partial charge is 0.249 e. The van der Waals surface area contributed by atoms with Gasteiger partial charge in [0, 0.05) is 23.3 Å². The fraction of sp³-hybridized carbons (Fsp3) is 0.250. The summed E-state index contributed by atoms with van der Waals surface area (Å²) in [7, 11) is 0. The molecular weight excluding hydrogens is 442 g/mol. The van der Waals surface area contributed by atoms with Crippen LogP contribution in [0.4, 0.5) is 0 Å². The van der Waals surface area contributed by atoms with Crippen LogP contribution in [-0.2, 0) is 11.2 Å². The second-order valence-corrected chi connectivity index (χ2v) is 9.48. The number of thiazole rings is 1. The van der Waals surface area contributed by atoms with Gasteiger partial charge in [-0.2, -0.15) is 4.98 Å². The monoisotopic (exact) mass is 459 g/mol. The molecule has 1 unspecified atom stereocenters. The number of nitrogens with zero attached hydrogens (tertiary/aromatic N) is 4. The lowest BCUT2D eigenvalue weighted by atomic mass is 10.0. The normalized spacial score (nSPS) is 12.3. The summed E-state index contributed by atoms with van der Waals surface area (Å²) in [5.41, 5.74) is 1.51. The molecule has 1 amide bonds. The molecule has 7 nitrogen and oxygen atoms in total. The Kier molecular flexibility index (Phi) is 6.21. The number of thiophene rings is 1. The van der Waals surface area contributed by atoms with E-state index in [4.69, 9.17) is 16.1 Å². The fourth-order valence-corrected chi connectivity index (χ4v) is 4.75.